The highest BCUT2D eigenvalue weighted by molar-refractivity contribution is 5.92. The lowest BCUT2D eigenvalue weighted by molar-refractivity contribution is -0.385. The number of halogens is 4. The topological polar surface area (TPSA) is 129 Å². The van der Waals surface area contributed by atoms with Crippen LogP contribution in [0.4, 0.5) is 28.9 Å². The predicted octanol–water partition coefficient (Wildman–Crippen LogP) is 6.03. The molecule has 0 aliphatic rings. The minimum absolute atomic E-state index is 0.0360. The molecule has 1 heterocycles. The smallest absolute Gasteiger partial charge is 0.416 e. The molecular formula is C30H19F4N5O5. The number of carbonyl (C=O) groups excluding carboxylic acids is 1. The van der Waals surface area contributed by atoms with Crippen LogP contribution in [0.3, 0.4) is 0 Å². The average molecular weight is 606 g/mol. The Balaban J connectivity index is 1.46. The molecule has 0 atom stereocenters. The summed E-state index contributed by atoms with van der Waals surface area (Å²) >= 11 is 0. The van der Waals surface area contributed by atoms with Crippen molar-refractivity contribution in [3.8, 4) is 17.1 Å². The molecule has 0 spiro atoms. The number of rotatable bonds is 8. The fourth-order valence-electron chi connectivity index (χ4n) is 4.16. The number of fused-ring (bicyclic) bond motifs is 1. The van der Waals surface area contributed by atoms with Gasteiger partial charge in [-0.15, -0.1) is 0 Å². The number of anilines is 1. The largest absolute Gasteiger partial charge is 0.477 e. The van der Waals surface area contributed by atoms with Gasteiger partial charge in [-0.25, -0.2) is 9.37 Å². The van der Waals surface area contributed by atoms with E-state index in [4.69, 9.17) is 4.74 Å². The van der Waals surface area contributed by atoms with Gasteiger partial charge in [-0.1, -0.05) is 30.3 Å². The van der Waals surface area contributed by atoms with E-state index in [2.05, 4.69) is 15.4 Å². The summed E-state index contributed by atoms with van der Waals surface area (Å²) in [6.45, 7) is -0.622. The van der Waals surface area contributed by atoms with E-state index in [1.165, 1.54) is 54.6 Å². The van der Waals surface area contributed by atoms with Gasteiger partial charge in [0.15, 0.2) is 18.2 Å². The zero-order valence-electron chi connectivity index (χ0n) is 22.3. The van der Waals surface area contributed by atoms with Crippen LogP contribution in [0.1, 0.15) is 11.1 Å². The van der Waals surface area contributed by atoms with Gasteiger partial charge in [0.05, 0.1) is 27.6 Å². The molecule has 14 heteroatoms. The van der Waals surface area contributed by atoms with E-state index in [9.17, 15) is 37.3 Å². The fourth-order valence-corrected chi connectivity index (χ4v) is 4.16. The molecule has 5 aromatic rings. The fraction of sp³-hybridized carbons (Fsp3) is 0.0667. The van der Waals surface area contributed by atoms with Gasteiger partial charge in [0.2, 0.25) is 0 Å². The molecule has 5 rings (SSSR count). The molecule has 0 saturated heterocycles. The zero-order valence-corrected chi connectivity index (χ0v) is 22.3. The van der Waals surface area contributed by atoms with Crippen LogP contribution in [0, 0.1) is 15.9 Å². The molecule has 1 aromatic heterocycles. The molecule has 0 aliphatic carbocycles. The highest BCUT2D eigenvalue weighted by Gasteiger charge is 2.31. The summed E-state index contributed by atoms with van der Waals surface area (Å²) in [6, 6.07) is 19.2. The van der Waals surface area contributed by atoms with Crippen molar-refractivity contribution >= 4 is 34.4 Å². The van der Waals surface area contributed by atoms with Crippen molar-refractivity contribution in [1.29, 1.82) is 0 Å². The molecule has 0 unspecified atom stereocenters. The first-order chi connectivity index (χ1) is 21.0. The van der Waals surface area contributed by atoms with E-state index >= 15 is 0 Å². The summed E-state index contributed by atoms with van der Waals surface area (Å²) in [5, 5.41) is 18.4. The SMILES string of the molecule is O=C(COc1ccc(C=Nn2c(-c3cccc(C(F)(F)F)c3)nc3ccccc3c2=O)cc1[N+](=O)[O-])Nc1cccc(F)c1. The van der Waals surface area contributed by atoms with Crippen molar-refractivity contribution < 1.29 is 32.0 Å². The Morgan fingerprint density at radius 3 is 2.55 bits per heavy atom. The number of ether oxygens (including phenoxy) is 1. The summed E-state index contributed by atoms with van der Waals surface area (Å²) in [7, 11) is 0. The Morgan fingerprint density at radius 2 is 1.80 bits per heavy atom. The first-order valence-electron chi connectivity index (χ1n) is 12.7. The molecule has 0 saturated carbocycles. The number of benzene rings is 4. The van der Waals surface area contributed by atoms with Gasteiger partial charge < -0.3 is 10.1 Å². The van der Waals surface area contributed by atoms with E-state index < -0.39 is 46.2 Å². The number of hydrogen-bond donors (Lipinski definition) is 1. The third kappa shape index (κ3) is 6.59. The number of aromatic nitrogens is 2. The predicted molar refractivity (Wildman–Crippen MR) is 153 cm³/mol. The molecular weight excluding hydrogens is 586 g/mol. The molecule has 0 bridgehead atoms. The van der Waals surface area contributed by atoms with Crippen LogP contribution >= 0.6 is 0 Å². The summed E-state index contributed by atoms with van der Waals surface area (Å²) in [5.74, 6) is -1.70. The van der Waals surface area contributed by atoms with Crippen LogP contribution in [0.2, 0.25) is 0 Å². The van der Waals surface area contributed by atoms with Crippen molar-refractivity contribution in [3.63, 3.8) is 0 Å². The second kappa shape index (κ2) is 12.1. The van der Waals surface area contributed by atoms with Crippen LogP contribution < -0.4 is 15.6 Å². The standard InChI is InChI=1S/C30H19F4N5O5/c31-21-7-4-8-22(15-21)36-27(40)17-44-26-12-11-18(13-25(26)39(42)43)16-35-38-28(19-5-3-6-20(14-19)30(32,33)34)37-24-10-2-1-9-23(24)29(38)41/h1-16H,17H2,(H,36,40). The first-order valence-corrected chi connectivity index (χ1v) is 12.7. The molecule has 0 fully saturated rings. The number of amides is 1. The maximum atomic E-state index is 13.4. The lowest BCUT2D eigenvalue weighted by Gasteiger charge is -2.12. The quantitative estimate of drug-likeness (QED) is 0.0996. The van der Waals surface area contributed by atoms with E-state index in [0.717, 1.165) is 35.2 Å². The molecule has 10 nitrogen and oxygen atoms in total. The van der Waals surface area contributed by atoms with E-state index in [1.54, 1.807) is 12.1 Å². The zero-order chi connectivity index (χ0) is 31.4. The van der Waals surface area contributed by atoms with Crippen molar-refractivity contribution in [3.05, 3.63) is 128 Å². The lowest BCUT2D eigenvalue weighted by Crippen LogP contribution is -2.21. The summed E-state index contributed by atoms with van der Waals surface area (Å²) in [6.07, 6.45) is -3.55. The number of nitro benzene ring substituents is 1. The summed E-state index contributed by atoms with van der Waals surface area (Å²) < 4.78 is 59.7. The number of para-hydroxylation sites is 1. The Hall–Kier alpha value is -5.92. The normalized spacial score (nSPS) is 11.5. The second-order valence-electron chi connectivity index (χ2n) is 9.22. The second-order valence-corrected chi connectivity index (χ2v) is 9.22. The molecule has 222 valence electrons. The van der Waals surface area contributed by atoms with Crippen molar-refractivity contribution in [2.24, 2.45) is 5.10 Å². The van der Waals surface area contributed by atoms with Gasteiger partial charge in [0, 0.05) is 22.9 Å². The highest BCUT2D eigenvalue weighted by atomic mass is 19.4. The van der Waals surface area contributed by atoms with Crippen LogP contribution in [-0.2, 0) is 11.0 Å². The lowest BCUT2D eigenvalue weighted by atomic mass is 10.1. The highest BCUT2D eigenvalue weighted by Crippen LogP contribution is 2.32. The van der Waals surface area contributed by atoms with Crippen LogP contribution in [0.5, 0.6) is 5.75 Å². The number of carbonyl (C=O) groups is 1. The van der Waals surface area contributed by atoms with Crippen molar-refractivity contribution in [2.45, 2.75) is 6.18 Å². The molecule has 44 heavy (non-hydrogen) atoms. The Bertz CT molecular complexity index is 1990. The maximum absolute atomic E-state index is 13.4. The monoisotopic (exact) mass is 605 g/mol. The number of hydrogen-bond acceptors (Lipinski definition) is 7. The van der Waals surface area contributed by atoms with Gasteiger partial charge in [0.25, 0.3) is 11.5 Å². The Morgan fingerprint density at radius 1 is 1.02 bits per heavy atom. The molecule has 0 aliphatic heterocycles. The van der Waals surface area contributed by atoms with Crippen LogP contribution in [-0.4, -0.2) is 33.3 Å². The number of nitrogens with one attached hydrogen (secondary N) is 1. The summed E-state index contributed by atoms with van der Waals surface area (Å²) in [4.78, 5) is 40.9. The molecule has 1 N–H and O–H groups in total. The third-order valence-electron chi connectivity index (χ3n) is 6.17. The minimum Gasteiger partial charge on any atom is -0.477 e. The molecule has 4 aromatic carbocycles. The van der Waals surface area contributed by atoms with Crippen molar-refractivity contribution in [2.75, 3.05) is 11.9 Å². The third-order valence-corrected chi connectivity index (χ3v) is 6.17. The van der Waals surface area contributed by atoms with Gasteiger partial charge in [0.1, 0.15) is 5.82 Å². The number of nitro groups is 1. The minimum atomic E-state index is -4.65. The maximum Gasteiger partial charge on any atom is 0.416 e. The summed E-state index contributed by atoms with van der Waals surface area (Å²) in [5.41, 5.74) is -1.68. The van der Waals surface area contributed by atoms with Crippen LogP contribution in [0.15, 0.2) is 101 Å². The van der Waals surface area contributed by atoms with Crippen molar-refractivity contribution in [1.82, 2.24) is 9.66 Å². The van der Waals surface area contributed by atoms with Crippen LogP contribution in [0.25, 0.3) is 22.3 Å². The Labute approximate surface area is 245 Å². The molecule has 1 amide bonds. The number of nitrogens with zero attached hydrogens (tertiary/aromatic N) is 4. The Kier molecular flexibility index (Phi) is 8.15. The number of alkyl halides is 3. The van der Waals surface area contributed by atoms with E-state index in [0.29, 0.717) is 0 Å². The average Bonchev–Trinajstić information content (AvgIpc) is 2.99. The first kappa shape index (κ1) is 29.6. The van der Waals surface area contributed by atoms with E-state index in [1.807, 2.05) is 0 Å². The molecule has 0 radical (unpaired) electrons. The van der Waals surface area contributed by atoms with Gasteiger partial charge in [-0.3, -0.25) is 19.7 Å². The van der Waals surface area contributed by atoms with Gasteiger partial charge in [-0.05, 0) is 54.6 Å². The van der Waals surface area contributed by atoms with Gasteiger partial charge >= 0.3 is 11.9 Å². The van der Waals surface area contributed by atoms with E-state index in [-0.39, 0.29) is 39.3 Å². The van der Waals surface area contributed by atoms with Gasteiger partial charge in [-0.2, -0.15) is 22.9 Å².